The van der Waals surface area contributed by atoms with Crippen LogP contribution in [-0.2, 0) is 4.74 Å². The molecule has 162 valence electrons. The number of ether oxygens (including phenoxy) is 1. The molecule has 3 rings (SSSR count). The summed E-state index contributed by atoms with van der Waals surface area (Å²) < 4.78 is 5.96. The lowest BCUT2D eigenvalue weighted by atomic mass is 9.79. The average Bonchev–Trinajstić information content (AvgIpc) is 2.74. The maximum atomic E-state index is 9.99. The van der Waals surface area contributed by atoms with Crippen LogP contribution in [0.2, 0.25) is 0 Å². The molecule has 0 bridgehead atoms. The van der Waals surface area contributed by atoms with E-state index in [0.29, 0.717) is 29.1 Å². The second-order valence-electron chi connectivity index (χ2n) is 8.25. The van der Waals surface area contributed by atoms with E-state index >= 15 is 0 Å². The van der Waals surface area contributed by atoms with Gasteiger partial charge < -0.3 is 15.4 Å². The van der Waals surface area contributed by atoms with E-state index in [1.54, 1.807) is 6.92 Å². The standard InChI is InChI=1S/C24H34N3O2P/c1-5-26-24-22(16(3)25)27-23(17(4)29-24)21-13-11-20(12-14-21)19-9-7-18(8-10-19)15-30(28)6-2/h5,11-14,17-19,28H,1,6-10,15,25H2,2-4H3/b22-16-,26-24+/t17-,18-,19-,30?/m1/s1. The monoisotopic (exact) mass is 427 g/mol. The summed E-state index contributed by atoms with van der Waals surface area (Å²) in [6.07, 6.45) is 8.03. The predicted octanol–water partition coefficient (Wildman–Crippen LogP) is 5.31. The fraction of sp³-hybridized carbons (Fsp3) is 0.500. The number of hydrogen-bond donors (Lipinski definition) is 2. The Morgan fingerprint density at radius 1 is 1.30 bits per heavy atom. The summed E-state index contributed by atoms with van der Waals surface area (Å²) in [4.78, 5) is 18.9. The lowest BCUT2D eigenvalue weighted by Crippen LogP contribution is -2.32. The van der Waals surface area contributed by atoms with Crippen molar-refractivity contribution in [3.63, 3.8) is 0 Å². The molecule has 1 fully saturated rings. The molecule has 0 spiro atoms. The number of nitrogens with two attached hydrogens (primary N) is 1. The van der Waals surface area contributed by atoms with Crippen molar-refractivity contribution in [1.82, 2.24) is 0 Å². The Morgan fingerprint density at radius 3 is 2.53 bits per heavy atom. The first-order chi connectivity index (χ1) is 14.4. The van der Waals surface area contributed by atoms with Crippen LogP contribution in [0.25, 0.3) is 0 Å². The van der Waals surface area contributed by atoms with Crippen molar-refractivity contribution in [2.24, 2.45) is 21.6 Å². The molecule has 0 saturated heterocycles. The number of hydrogen-bond acceptors (Lipinski definition) is 5. The van der Waals surface area contributed by atoms with Crippen LogP contribution in [0.15, 0.2) is 58.4 Å². The smallest absolute Gasteiger partial charge is 0.242 e. The number of aliphatic imine (C=N–C) groups is 2. The van der Waals surface area contributed by atoms with E-state index in [-0.39, 0.29) is 6.10 Å². The van der Waals surface area contributed by atoms with Crippen molar-refractivity contribution in [3.8, 4) is 0 Å². The maximum Gasteiger partial charge on any atom is 0.242 e. The minimum Gasteiger partial charge on any atom is -0.467 e. The largest absolute Gasteiger partial charge is 0.467 e. The molecule has 0 aromatic heterocycles. The molecule has 1 aliphatic heterocycles. The average molecular weight is 428 g/mol. The van der Waals surface area contributed by atoms with Crippen LogP contribution in [-0.4, -0.2) is 34.9 Å². The van der Waals surface area contributed by atoms with Crippen molar-refractivity contribution < 1.29 is 9.63 Å². The summed E-state index contributed by atoms with van der Waals surface area (Å²) in [6.45, 7) is 9.50. The zero-order valence-corrected chi connectivity index (χ0v) is 19.2. The Balaban J connectivity index is 1.72. The number of benzene rings is 1. The fourth-order valence-corrected chi connectivity index (χ4v) is 5.52. The van der Waals surface area contributed by atoms with Crippen LogP contribution >= 0.6 is 8.15 Å². The number of rotatable bonds is 6. The van der Waals surface area contributed by atoms with Gasteiger partial charge in [0.2, 0.25) is 5.90 Å². The van der Waals surface area contributed by atoms with Crippen LogP contribution in [0.4, 0.5) is 0 Å². The van der Waals surface area contributed by atoms with Crippen LogP contribution in [0.3, 0.4) is 0 Å². The normalized spacial score (nSPS) is 28.5. The lowest BCUT2D eigenvalue weighted by molar-refractivity contribution is 0.268. The molecular formula is C24H34N3O2P. The lowest BCUT2D eigenvalue weighted by Gasteiger charge is -2.30. The molecule has 6 heteroatoms. The second kappa shape index (κ2) is 10.4. The molecule has 5 nitrogen and oxygen atoms in total. The van der Waals surface area contributed by atoms with Gasteiger partial charge in [-0.25, -0.2) is 9.98 Å². The summed E-state index contributed by atoms with van der Waals surface area (Å²) in [5.41, 5.74) is 10.5. The number of nitrogens with zero attached hydrogens (tertiary/aromatic N) is 2. The van der Waals surface area contributed by atoms with Gasteiger partial charge in [0.15, 0.2) is 0 Å². The molecular weight excluding hydrogens is 393 g/mol. The highest BCUT2D eigenvalue weighted by Gasteiger charge is 2.27. The summed E-state index contributed by atoms with van der Waals surface area (Å²) in [7, 11) is -0.752. The van der Waals surface area contributed by atoms with Crippen molar-refractivity contribution in [3.05, 3.63) is 59.6 Å². The summed E-state index contributed by atoms with van der Waals surface area (Å²) in [5, 5.41) is 0. The Hall–Kier alpha value is -1.97. The molecule has 1 unspecified atom stereocenters. The molecule has 1 aromatic carbocycles. The van der Waals surface area contributed by atoms with Crippen molar-refractivity contribution in [1.29, 1.82) is 0 Å². The van der Waals surface area contributed by atoms with Gasteiger partial charge >= 0.3 is 0 Å². The Kier molecular flexibility index (Phi) is 7.85. The highest BCUT2D eigenvalue weighted by molar-refractivity contribution is 7.51. The van der Waals surface area contributed by atoms with Gasteiger partial charge in [-0.1, -0.05) is 37.8 Å². The Labute approximate surface area is 181 Å². The van der Waals surface area contributed by atoms with Crippen LogP contribution < -0.4 is 5.73 Å². The van der Waals surface area contributed by atoms with Crippen LogP contribution in [0, 0.1) is 5.92 Å². The third-order valence-corrected chi connectivity index (χ3v) is 7.72. The van der Waals surface area contributed by atoms with Gasteiger partial charge in [-0.15, -0.1) is 0 Å². The zero-order chi connectivity index (χ0) is 21.7. The third kappa shape index (κ3) is 5.39. The van der Waals surface area contributed by atoms with Crippen LogP contribution in [0.1, 0.15) is 63.5 Å². The van der Waals surface area contributed by atoms with Gasteiger partial charge in [-0.05, 0) is 74.8 Å². The second-order valence-corrected chi connectivity index (χ2v) is 10.3. The van der Waals surface area contributed by atoms with Crippen molar-refractivity contribution in [2.45, 2.75) is 58.5 Å². The minimum absolute atomic E-state index is 0.208. The zero-order valence-electron chi connectivity index (χ0n) is 18.3. The molecule has 1 aromatic rings. The van der Waals surface area contributed by atoms with Crippen LogP contribution in [0.5, 0.6) is 0 Å². The molecule has 1 saturated carbocycles. The molecule has 0 radical (unpaired) electrons. The fourth-order valence-electron chi connectivity index (χ4n) is 4.30. The Morgan fingerprint density at radius 2 is 1.97 bits per heavy atom. The van der Waals surface area contributed by atoms with Gasteiger partial charge in [0.1, 0.15) is 11.8 Å². The first-order valence-corrected chi connectivity index (χ1v) is 12.5. The van der Waals surface area contributed by atoms with E-state index in [1.807, 2.05) is 6.92 Å². The van der Waals surface area contributed by atoms with E-state index in [1.165, 1.54) is 37.4 Å². The van der Waals surface area contributed by atoms with Crippen molar-refractivity contribution in [2.75, 3.05) is 12.3 Å². The van der Waals surface area contributed by atoms with Crippen molar-refractivity contribution >= 4 is 19.8 Å². The highest BCUT2D eigenvalue weighted by atomic mass is 31.1. The van der Waals surface area contributed by atoms with Gasteiger partial charge in [0.05, 0.1) is 5.71 Å². The quantitative estimate of drug-likeness (QED) is 0.604. The Bertz CT molecular complexity index is 833. The molecule has 1 aliphatic carbocycles. The minimum atomic E-state index is -0.752. The summed E-state index contributed by atoms with van der Waals surface area (Å²) in [5.74, 6) is 1.73. The van der Waals surface area contributed by atoms with Gasteiger partial charge in [0.25, 0.3) is 0 Å². The summed E-state index contributed by atoms with van der Waals surface area (Å²) in [6, 6.07) is 8.74. The molecule has 1 heterocycles. The van der Waals surface area contributed by atoms with E-state index in [9.17, 15) is 4.89 Å². The number of allylic oxidation sites excluding steroid dienone is 1. The predicted molar refractivity (Wildman–Crippen MR) is 127 cm³/mol. The molecule has 2 aliphatic rings. The van der Waals surface area contributed by atoms with E-state index < -0.39 is 8.15 Å². The molecule has 30 heavy (non-hydrogen) atoms. The first kappa shape index (κ1) is 22.7. The molecule has 2 atom stereocenters. The topological polar surface area (TPSA) is 80.2 Å². The highest BCUT2D eigenvalue weighted by Crippen LogP contribution is 2.41. The van der Waals surface area contributed by atoms with Gasteiger partial charge in [-0.3, -0.25) is 0 Å². The molecule has 0 amide bonds. The molecule has 3 N–H and O–H groups in total. The van der Waals surface area contributed by atoms with Gasteiger partial charge in [0, 0.05) is 20.0 Å². The van der Waals surface area contributed by atoms with Gasteiger partial charge in [-0.2, -0.15) is 0 Å². The summed E-state index contributed by atoms with van der Waals surface area (Å²) >= 11 is 0. The van der Waals surface area contributed by atoms with E-state index in [4.69, 9.17) is 15.5 Å². The SMILES string of the molecule is C=C/N=C1/O[C@H](C)C(c2ccc([C@H]3CC[C@H](CP(O)CC)CC3)cc2)=N/C1=C(/C)N. The van der Waals surface area contributed by atoms with E-state index in [0.717, 1.165) is 23.6 Å². The first-order valence-electron chi connectivity index (χ1n) is 10.9. The van der Waals surface area contributed by atoms with E-state index in [2.05, 4.69) is 42.8 Å². The third-order valence-electron chi connectivity index (χ3n) is 6.05. The maximum absolute atomic E-state index is 9.99.